The Morgan fingerprint density at radius 3 is 2.21 bits per heavy atom. The molecule has 4 rings (SSSR count). The molecule has 19 heavy (non-hydrogen) atoms. The molecule has 94 valence electrons. The first-order valence-corrected chi connectivity index (χ1v) is 6.89. The zero-order valence-corrected chi connectivity index (χ0v) is 11.1. The lowest BCUT2D eigenvalue weighted by atomic mass is 9.81. The first-order chi connectivity index (χ1) is 9.18. The molecule has 0 heterocycles. The fourth-order valence-corrected chi connectivity index (χ4v) is 3.77. The molecule has 1 nitrogen and oxygen atoms in total. The summed E-state index contributed by atoms with van der Waals surface area (Å²) in [6.45, 7) is 2.06. The highest BCUT2D eigenvalue weighted by Crippen LogP contribution is 2.47. The molecule has 0 aromatic heterocycles. The number of benzene rings is 2. The highest BCUT2D eigenvalue weighted by Gasteiger charge is 2.48. The highest BCUT2D eigenvalue weighted by atomic mass is 16.1. The molecule has 2 aromatic rings. The Kier molecular flexibility index (Phi) is 2.06. The molecule has 0 fully saturated rings. The van der Waals surface area contributed by atoms with Gasteiger partial charge in [-0.3, -0.25) is 4.79 Å². The molecular formula is C18H16O. The van der Waals surface area contributed by atoms with E-state index >= 15 is 0 Å². The number of Topliss-reactive ketones (excluding diaryl/α,β-unsaturated/α-hetero) is 1. The molecule has 2 aliphatic carbocycles. The number of carbonyl (C=O) groups is 1. The molecular weight excluding hydrogens is 232 g/mol. The SMILES string of the molecule is Cc1ccc2c(c1)C(=O)C1(Cc3ccccc3C1)C2. The Morgan fingerprint density at radius 1 is 0.895 bits per heavy atom. The summed E-state index contributed by atoms with van der Waals surface area (Å²) in [4.78, 5) is 12.8. The fourth-order valence-electron chi connectivity index (χ4n) is 3.77. The second-order valence-corrected chi connectivity index (χ2v) is 6.07. The van der Waals surface area contributed by atoms with Crippen LogP contribution in [0.15, 0.2) is 42.5 Å². The van der Waals surface area contributed by atoms with Crippen molar-refractivity contribution in [1.82, 2.24) is 0 Å². The van der Waals surface area contributed by atoms with E-state index in [0.717, 1.165) is 24.8 Å². The standard InChI is InChI=1S/C18H16O/c1-12-6-7-15-11-18(17(19)16(15)8-12)9-13-4-2-3-5-14(13)10-18/h2-8H,9-11H2,1H3. The van der Waals surface area contributed by atoms with Crippen LogP contribution >= 0.6 is 0 Å². The van der Waals surface area contributed by atoms with Gasteiger partial charge in [0.25, 0.3) is 0 Å². The molecule has 0 amide bonds. The molecule has 0 radical (unpaired) electrons. The van der Waals surface area contributed by atoms with Crippen LogP contribution < -0.4 is 0 Å². The number of fused-ring (bicyclic) bond motifs is 2. The van der Waals surface area contributed by atoms with Gasteiger partial charge in [0, 0.05) is 11.0 Å². The lowest BCUT2D eigenvalue weighted by Crippen LogP contribution is -2.28. The minimum Gasteiger partial charge on any atom is -0.294 e. The van der Waals surface area contributed by atoms with E-state index in [9.17, 15) is 4.79 Å². The van der Waals surface area contributed by atoms with Crippen molar-refractivity contribution < 1.29 is 4.79 Å². The van der Waals surface area contributed by atoms with Crippen LogP contribution in [0.1, 0.15) is 32.6 Å². The van der Waals surface area contributed by atoms with Gasteiger partial charge in [0.2, 0.25) is 0 Å². The Balaban J connectivity index is 1.80. The smallest absolute Gasteiger partial charge is 0.170 e. The lowest BCUT2D eigenvalue weighted by molar-refractivity contribution is 0.0831. The summed E-state index contributed by atoms with van der Waals surface area (Å²) in [7, 11) is 0. The average Bonchev–Trinajstić information content (AvgIpc) is 2.90. The number of hydrogen-bond acceptors (Lipinski definition) is 1. The van der Waals surface area contributed by atoms with E-state index in [1.807, 2.05) is 0 Å². The van der Waals surface area contributed by atoms with Crippen LogP contribution in [0, 0.1) is 12.3 Å². The number of carbonyl (C=O) groups excluding carboxylic acids is 1. The van der Waals surface area contributed by atoms with E-state index in [4.69, 9.17) is 0 Å². The van der Waals surface area contributed by atoms with E-state index in [0.29, 0.717) is 5.78 Å². The van der Waals surface area contributed by atoms with Crippen molar-refractivity contribution in [3.8, 4) is 0 Å². The van der Waals surface area contributed by atoms with E-state index in [1.54, 1.807) is 0 Å². The van der Waals surface area contributed by atoms with Crippen molar-refractivity contribution in [3.63, 3.8) is 0 Å². The molecule has 2 aliphatic rings. The molecule has 0 bridgehead atoms. The van der Waals surface area contributed by atoms with Crippen molar-refractivity contribution in [2.24, 2.45) is 5.41 Å². The summed E-state index contributed by atoms with van der Waals surface area (Å²) in [5, 5.41) is 0. The Hall–Kier alpha value is -1.89. The second kappa shape index (κ2) is 3.57. The van der Waals surface area contributed by atoms with Crippen LogP contribution in [0.5, 0.6) is 0 Å². The zero-order valence-electron chi connectivity index (χ0n) is 11.1. The highest BCUT2D eigenvalue weighted by molar-refractivity contribution is 6.05. The molecule has 0 unspecified atom stereocenters. The van der Waals surface area contributed by atoms with E-state index in [1.165, 1.54) is 22.3 Å². The molecule has 2 aromatic carbocycles. The second-order valence-electron chi connectivity index (χ2n) is 6.07. The molecule has 0 saturated carbocycles. The number of aryl methyl sites for hydroxylation is 1. The molecule has 0 N–H and O–H groups in total. The van der Waals surface area contributed by atoms with Crippen LogP contribution in [-0.2, 0) is 19.3 Å². The van der Waals surface area contributed by atoms with E-state index in [-0.39, 0.29) is 5.41 Å². The summed E-state index contributed by atoms with van der Waals surface area (Å²) < 4.78 is 0. The maximum Gasteiger partial charge on any atom is 0.170 e. The van der Waals surface area contributed by atoms with Crippen LogP contribution in [0.2, 0.25) is 0 Å². The quantitative estimate of drug-likeness (QED) is 0.697. The number of hydrogen-bond donors (Lipinski definition) is 0. The normalized spacial score (nSPS) is 18.7. The Morgan fingerprint density at radius 2 is 1.53 bits per heavy atom. The molecule has 1 spiro atoms. The molecule has 0 saturated heterocycles. The summed E-state index contributed by atoms with van der Waals surface area (Å²) in [5.74, 6) is 0.363. The third-order valence-electron chi connectivity index (χ3n) is 4.70. The maximum atomic E-state index is 12.8. The molecule has 0 atom stereocenters. The van der Waals surface area contributed by atoms with E-state index < -0.39 is 0 Å². The van der Waals surface area contributed by atoms with Crippen LogP contribution in [0.4, 0.5) is 0 Å². The van der Waals surface area contributed by atoms with Crippen molar-refractivity contribution >= 4 is 5.78 Å². The van der Waals surface area contributed by atoms with Gasteiger partial charge >= 0.3 is 0 Å². The largest absolute Gasteiger partial charge is 0.294 e. The summed E-state index contributed by atoms with van der Waals surface area (Å²) in [5.41, 5.74) is 5.93. The summed E-state index contributed by atoms with van der Waals surface area (Å²) in [6, 6.07) is 14.8. The van der Waals surface area contributed by atoms with Gasteiger partial charge in [-0.05, 0) is 48.9 Å². The van der Waals surface area contributed by atoms with Crippen molar-refractivity contribution in [2.45, 2.75) is 26.2 Å². The fraction of sp³-hybridized carbons (Fsp3) is 0.278. The monoisotopic (exact) mass is 248 g/mol. The Bertz CT molecular complexity index is 672. The third kappa shape index (κ3) is 1.45. The van der Waals surface area contributed by atoms with Gasteiger partial charge in [-0.2, -0.15) is 0 Å². The summed E-state index contributed by atoms with van der Waals surface area (Å²) in [6.07, 6.45) is 2.74. The predicted octanol–water partition coefficient (Wildman–Crippen LogP) is 3.52. The summed E-state index contributed by atoms with van der Waals surface area (Å²) >= 11 is 0. The average molecular weight is 248 g/mol. The maximum absolute atomic E-state index is 12.8. The van der Waals surface area contributed by atoms with Gasteiger partial charge in [-0.25, -0.2) is 0 Å². The minimum absolute atomic E-state index is 0.181. The van der Waals surface area contributed by atoms with Gasteiger partial charge in [0.15, 0.2) is 5.78 Å². The van der Waals surface area contributed by atoms with Gasteiger partial charge in [0.1, 0.15) is 0 Å². The number of rotatable bonds is 0. The number of ketones is 1. The van der Waals surface area contributed by atoms with Crippen molar-refractivity contribution in [3.05, 3.63) is 70.3 Å². The molecule has 1 heteroatoms. The van der Waals surface area contributed by atoms with Crippen LogP contribution in [0.25, 0.3) is 0 Å². The first kappa shape index (κ1) is 11.0. The van der Waals surface area contributed by atoms with Gasteiger partial charge in [0.05, 0.1) is 0 Å². The third-order valence-corrected chi connectivity index (χ3v) is 4.70. The zero-order chi connectivity index (χ0) is 13.0. The van der Waals surface area contributed by atoms with Crippen molar-refractivity contribution in [1.29, 1.82) is 0 Å². The van der Waals surface area contributed by atoms with Gasteiger partial charge in [-0.15, -0.1) is 0 Å². The topological polar surface area (TPSA) is 17.1 Å². The van der Waals surface area contributed by atoms with Crippen LogP contribution in [-0.4, -0.2) is 5.78 Å². The predicted molar refractivity (Wildman–Crippen MR) is 75.5 cm³/mol. The van der Waals surface area contributed by atoms with Crippen LogP contribution in [0.3, 0.4) is 0 Å². The molecule has 0 aliphatic heterocycles. The van der Waals surface area contributed by atoms with Crippen molar-refractivity contribution in [2.75, 3.05) is 0 Å². The van der Waals surface area contributed by atoms with Gasteiger partial charge in [-0.1, -0.05) is 42.0 Å². The lowest BCUT2D eigenvalue weighted by Gasteiger charge is -2.20. The first-order valence-electron chi connectivity index (χ1n) is 6.89. The van der Waals surface area contributed by atoms with Gasteiger partial charge < -0.3 is 0 Å². The van der Waals surface area contributed by atoms with E-state index in [2.05, 4.69) is 49.4 Å². The minimum atomic E-state index is -0.181. The Labute approximate surface area is 113 Å².